The lowest BCUT2D eigenvalue weighted by atomic mass is 9.87. The third kappa shape index (κ3) is 3.53. The second kappa shape index (κ2) is 6.67. The van der Waals surface area contributed by atoms with Crippen LogP contribution in [0, 0.1) is 28.9 Å². The molecule has 0 spiro atoms. The quantitative estimate of drug-likeness (QED) is 0.769. The summed E-state index contributed by atoms with van der Waals surface area (Å²) in [6, 6.07) is 8.00. The Morgan fingerprint density at radius 2 is 2.13 bits per heavy atom. The Bertz CT molecular complexity index is 783. The van der Waals surface area contributed by atoms with Crippen LogP contribution in [-0.4, -0.2) is 4.98 Å². The molecule has 1 aromatic carbocycles. The first kappa shape index (κ1) is 15.9. The number of hydrogen-bond acceptors (Lipinski definition) is 3. The SMILES string of the molecule is CC1CCc2nc(SCc3ccc(F)c(F)c3)c(C#N)cc2C1. The number of fused-ring (bicyclic) bond motifs is 1. The maximum Gasteiger partial charge on any atom is 0.159 e. The molecule has 0 fully saturated rings. The van der Waals surface area contributed by atoms with Crippen LogP contribution in [0.1, 0.15) is 35.7 Å². The monoisotopic (exact) mass is 330 g/mol. The number of halogens is 2. The molecular weight excluding hydrogens is 314 g/mol. The van der Waals surface area contributed by atoms with E-state index in [9.17, 15) is 14.0 Å². The summed E-state index contributed by atoms with van der Waals surface area (Å²) in [5.41, 5.74) is 3.46. The van der Waals surface area contributed by atoms with Crippen LogP contribution in [0.15, 0.2) is 29.3 Å². The van der Waals surface area contributed by atoms with E-state index in [2.05, 4.69) is 18.0 Å². The first-order valence-electron chi connectivity index (χ1n) is 7.56. The van der Waals surface area contributed by atoms with E-state index in [1.165, 1.54) is 17.8 Å². The van der Waals surface area contributed by atoms with Gasteiger partial charge in [-0.25, -0.2) is 13.8 Å². The number of nitriles is 1. The van der Waals surface area contributed by atoms with Gasteiger partial charge < -0.3 is 0 Å². The second-order valence-electron chi connectivity index (χ2n) is 5.94. The van der Waals surface area contributed by atoms with E-state index in [1.807, 2.05) is 6.07 Å². The molecule has 1 unspecified atom stereocenters. The van der Waals surface area contributed by atoms with Crippen molar-refractivity contribution in [2.45, 2.75) is 37.0 Å². The van der Waals surface area contributed by atoms with Crippen LogP contribution in [0.2, 0.25) is 0 Å². The van der Waals surface area contributed by atoms with Gasteiger partial charge in [-0.05, 0) is 54.5 Å². The molecule has 1 aliphatic rings. The number of hydrogen-bond donors (Lipinski definition) is 0. The lowest BCUT2D eigenvalue weighted by Crippen LogP contribution is -2.14. The molecule has 2 nitrogen and oxygen atoms in total. The highest BCUT2D eigenvalue weighted by Gasteiger charge is 2.19. The van der Waals surface area contributed by atoms with Crippen molar-refractivity contribution < 1.29 is 8.78 Å². The predicted octanol–water partition coefficient (Wildman–Crippen LogP) is 4.65. The lowest BCUT2D eigenvalue weighted by Gasteiger charge is -2.21. The molecule has 1 aliphatic carbocycles. The van der Waals surface area contributed by atoms with Crippen molar-refractivity contribution in [2.75, 3.05) is 0 Å². The van der Waals surface area contributed by atoms with Crippen LogP contribution in [0.25, 0.3) is 0 Å². The smallest absolute Gasteiger partial charge is 0.159 e. The molecule has 2 aromatic rings. The van der Waals surface area contributed by atoms with Gasteiger partial charge in [0, 0.05) is 11.4 Å². The minimum atomic E-state index is -0.851. The van der Waals surface area contributed by atoms with Gasteiger partial charge in [0.25, 0.3) is 0 Å². The van der Waals surface area contributed by atoms with E-state index in [0.29, 0.717) is 27.8 Å². The summed E-state index contributed by atoms with van der Waals surface area (Å²) in [5, 5.41) is 10.0. The summed E-state index contributed by atoms with van der Waals surface area (Å²) in [5.74, 6) is -0.626. The summed E-state index contributed by atoms with van der Waals surface area (Å²) in [7, 11) is 0. The highest BCUT2D eigenvalue weighted by Crippen LogP contribution is 2.31. The summed E-state index contributed by atoms with van der Waals surface area (Å²) in [6.45, 7) is 2.21. The molecule has 5 heteroatoms. The molecular formula is C18H16F2N2S. The van der Waals surface area contributed by atoms with Crippen molar-refractivity contribution in [3.05, 3.63) is 58.3 Å². The van der Waals surface area contributed by atoms with Crippen molar-refractivity contribution in [3.63, 3.8) is 0 Å². The molecule has 0 N–H and O–H groups in total. The number of pyridine rings is 1. The number of nitrogens with zero attached hydrogens (tertiary/aromatic N) is 2. The largest absolute Gasteiger partial charge is 0.245 e. The van der Waals surface area contributed by atoms with E-state index in [-0.39, 0.29) is 0 Å². The molecule has 0 aliphatic heterocycles. The Hall–Kier alpha value is -1.93. The molecule has 3 rings (SSSR count). The zero-order chi connectivity index (χ0) is 16.4. The Labute approximate surface area is 138 Å². The minimum absolute atomic E-state index is 0.452. The first-order valence-corrected chi connectivity index (χ1v) is 8.55. The Morgan fingerprint density at radius 1 is 1.30 bits per heavy atom. The number of aryl methyl sites for hydroxylation is 1. The molecule has 1 atom stereocenters. The van der Waals surface area contributed by atoms with Gasteiger partial charge in [0.2, 0.25) is 0 Å². The molecule has 23 heavy (non-hydrogen) atoms. The van der Waals surface area contributed by atoms with Crippen molar-refractivity contribution in [3.8, 4) is 6.07 Å². The lowest BCUT2D eigenvalue weighted by molar-refractivity contribution is 0.491. The fraction of sp³-hybridized carbons (Fsp3) is 0.333. The van der Waals surface area contributed by atoms with Gasteiger partial charge in [-0.2, -0.15) is 5.26 Å². The molecule has 0 radical (unpaired) electrons. The molecule has 1 heterocycles. The van der Waals surface area contributed by atoms with Crippen LogP contribution in [0.5, 0.6) is 0 Å². The normalized spacial score (nSPS) is 16.7. The summed E-state index contributed by atoms with van der Waals surface area (Å²) in [4.78, 5) is 4.65. The van der Waals surface area contributed by atoms with Crippen LogP contribution >= 0.6 is 11.8 Å². The van der Waals surface area contributed by atoms with E-state index in [1.54, 1.807) is 6.07 Å². The maximum atomic E-state index is 13.3. The summed E-state index contributed by atoms with van der Waals surface area (Å²) in [6.07, 6.45) is 3.01. The van der Waals surface area contributed by atoms with Crippen LogP contribution in [0.4, 0.5) is 8.78 Å². The third-order valence-electron chi connectivity index (χ3n) is 4.08. The van der Waals surface area contributed by atoms with Crippen molar-refractivity contribution in [2.24, 2.45) is 5.92 Å². The maximum absolute atomic E-state index is 13.3. The number of rotatable bonds is 3. The molecule has 1 aromatic heterocycles. The van der Waals surface area contributed by atoms with Crippen molar-refractivity contribution >= 4 is 11.8 Å². The number of thioether (sulfide) groups is 1. The minimum Gasteiger partial charge on any atom is -0.245 e. The molecule has 0 saturated heterocycles. The van der Waals surface area contributed by atoms with Crippen LogP contribution in [0.3, 0.4) is 0 Å². The molecule has 0 amide bonds. The summed E-state index contributed by atoms with van der Waals surface area (Å²) < 4.78 is 26.2. The Kier molecular flexibility index (Phi) is 4.63. The van der Waals surface area contributed by atoms with E-state index >= 15 is 0 Å². The van der Waals surface area contributed by atoms with E-state index in [4.69, 9.17) is 0 Å². The molecule has 0 bridgehead atoms. The van der Waals surface area contributed by atoms with Crippen LogP contribution < -0.4 is 0 Å². The van der Waals surface area contributed by atoms with Gasteiger partial charge in [-0.1, -0.05) is 13.0 Å². The average Bonchev–Trinajstić information content (AvgIpc) is 2.55. The standard InChI is InChI=1S/C18H16F2N2S/c1-11-2-5-17-13(6-11)8-14(9-21)18(22-17)23-10-12-3-4-15(19)16(20)7-12/h3-4,7-8,11H,2,5-6,10H2,1H3. The van der Waals surface area contributed by atoms with Gasteiger partial charge in [0.1, 0.15) is 11.1 Å². The third-order valence-corrected chi connectivity index (χ3v) is 5.14. The second-order valence-corrected chi connectivity index (χ2v) is 6.91. The van der Waals surface area contributed by atoms with Gasteiger partial charge in [-0.3, -0.25) is 0 Å². The predicted molar refractivity (Wildman–Crippen MR) is 86.1 cm³/mol. The van der Waals surface area contributed by atoms with Gasteiger partial charge >= 0.3 is 0 Å². The van der Waals surface area contributed by atoms with Gasteiger partial charge in [-0.15, -0.1) is 11.8 Å². The van der Waals surface area contributed by atoms with E-state index in [0.717, 1.165) is 36.6 Å². The van der Waals surface area contributed by atoms with Crippen LogP contribution in [-0.2, 0) is 18.6 Å². The Morgan fingerprint density at radius 3 is 2.87 bits per heavy atom. The highest BCUT2D eigenvalue weighted by atomic mass is 32.2. The first-order chi connectivity index (χ1) is 11.1. The van der Waals surface area contributed by atoms with Gasteiger partial charge in [0.05, 0.1) is 5.56 Å². The fourth-order valence-corrected chi connectivity index (χ4v) is 3.72. The number of benzene rings is 1. The van der Waals surface area contributed by atoms with Crippen molar-refractivity contribution in [1.29, 1.82) is 5.26 Å². The highest BCUT2D eigenvalue weighted by molar-refractivity contribution is 7.98. The fourth-order valence-electron chi connectivity index (χ4n) is 2.80. The topological polar surface area (TPSA) is 36.7 Å². The average molecular weight is 330 g/mol. The Balaban J connectivity index is 1.82. The molecule has 118 valence electrons. The van der Waals surface area contributed by atoms with E-state index < -0.39 is 11.6 Å². The number of aromatic nitrogens is 1. The molecule has 0 saturated carbocycles. The van der Waals surface area contributed by atoms with Crippen molar-refractivity contribution in [1.82, 2.24) is 4.98 Å². The summed E-state index contributed by atoms with van der Waals surface area (Å²) >= 11 is 1.39. The zero-order valence-corrected chi connectivity index (χ0v) is 13.6. The van der Waals surface area contributed by atoms with Gasteiger partial charge in [0.15, 0.2) is 11.6 Å². The zero-order valence-electron chi connectivity index (χ0n) is 12.8.